The van der Waals surface area contributed by atoms with E-state index in [1.165, 1.54) is 18.2 Å². The lowest BCUT2D eigenvalue weighted by molar-refractivity contribution is -0.149. The Hall–Kier alpha value is -3.42. The molecule has 0 radical (unpaired) electrons. The van der Waals surface area contributed by atoms with Crippen LogP contribution in [-0.4, -0.2) is 35.7 Å². The van der Waals surface area contributed by atoms with Gasteiger partial charge in [-0.1, -0.05) is 32.0 Å². The molecular formula is C30H31FO7. The Labute approximate surface area is 220 Å². The van der Waals surface area contributed by atoms with E-state index in [9.17, 15) is 18.8 Å². The van der Waals surface area contributed by atoms with Gasteiger partial charge in [-0.25, -0.2) is 9.18 Å². The minimum absolute atomic E-state index is 0.0275. The number of rotatable bonds is 7. The van der Waals surface area contributed by atoms with Crippen molar-refractivity contribution in [3.8, 4) is 11.5 Å². The molecule has 2 aromatic carbocycles. The third-order valence-electron chi connectivity index (χ3n) is 9.01. The maximum atomic E-state index is 14.7. The first-order valence-electron chi connectivity index (χ1n) is 13.4. The largest absolute Gasteiger partial charge is 0.484 e. The molecule has 1 heterocycles. The summed E-state index contributed by atoms with van der Waals surface area (Å²) in [5.74, 6) is -3.56. The maximum absolute atomic E-state index is 14.7. The van der Waals surface area contributed by atoms with E-state index in [0.717, 1.165) is 25.7 Å². The molecule has 2 aromatic rings. The Morgan fingerprint density at radius 2 is 1.79 bits per heavy atom. The van der Waals surface area contributed by atoms with Gasteiger partial charge in [-0.05, 0) is 68.4 Å². The molecule has 2 bridgehead atoms. The van der Waals surface area contributed by atoms with Crippen LogP contribution in [0.3, 0.4) is 0 Å². The summed E-state index contributed by atoms with van der Waals surface area (Å²) in [7, 11) is 0. The van der Waals surface area contributed by atoms with Gasteiger partial charge in [-0.2, -0.15) is 0 Å². The molecule has 6 unspecified atom stereocenters. The lowest BCUT2D eigenvalue weighted by Crippen LogP contribution is -2.44. The fourth-order valence-electron chi connectivity index (χ4n) is 7.03. The first-order valence-corrected chi connectivity index (χ1v) is 13.4. The van der Waals surface area contributed by atoms with E-state index in [4.69, 9.17) is 18.9 Å². The Morgan fingerprint density at radius 1 is 1.05 bits per heavy atom. The average Bonchev–Trinajstić information content (AvgIpc) is 3.65. The zero-order valence-corrected chi connectivity index (χ0v) is 21.4. The van der Waals surface area contributed by atoms with Crippen LogP contribution in [0.1, 0.15) is 56.3 Å². The average molecular weight is 523 g/mol. The van der Waals surface area contributed by atoms with Crippen molar-refractivity contribution in [2.45, 2.75) is 63.8 Å². The fraction of sp³-hybridized carbons (Fsp3) is 0.500. The Bertz CT molecular complexity index is 1250. The molecule has 8 heteroatoms. The van der Waals surface area contributed by atoms with Crippen molar-refractivity contribution in [2.24, 2.45) is 29.6 Å². The van der Waals surface area contributed by atoms with Gasteiger partial charge < -0.3 is 18.9 Å². The smallest absolute Gasteiger partial charge is 0.338 e. The Balaban J connectivity index is 1.21. The van der Waals surface area contributed by atoms with Crippen LogP contribution in [0.5, 0.6) is 11.5 Å². The highest BCUT2D eigenvalue weighted by atomic mass is 19.1. The summed E-state index contributed by atoms with van der Waals surface area (Å²) < 4.78 is 38.0. The topological polar surface area (TPSA) is 88.1 Å². The first-order chi connectivity index (χ1) is 18.3. The van der Waals surface area contributed by atoms with Crippen LogP contribution in [0.15, 0.2) is 48.5 Å². The molecule has 4 aliphatic rings. The summed E-state index contributed by atoms with van der Waals surface area (Å²) in [4.78, 5) is 39.1. The van der Waals surface area contributed by atoms with Crippen molar-refractivity contribution in [1.82, 2.24) is 0 Å². The summed E-state index contributed by atoms with van der Waals surface area (Å²) in [5, 5.41) is 0. The monoisotopic (exact) mass is 522 g/mol. The minimum Gasteiger partial charge on any atom is -0.484 e. The van der Waals surface area contributed by atoms with Crippen molar-refractivity contribution in [2.75, 3.05) is 0 Å². The normalized spacial score (nSPS) is 30.4. The highest BCUT2D eigenvalue weighted by Gasteiger charge is 2.70. The van der Waals surface area contributed by atoms with E-state index in [1.54, 1.807) is 24.3 Å². The van der Waals surface area contributed by atoms with Crippen molar-refractivity contribution < 1.29 is 37.7 Å². The number of ether oxygens (including phenoxy) is 4. The summed E-state index contributed by atoms with van der Waals surface area (Å²) in [6.45, 7) is 4.12. The molecule has 3 aliphatic carbocycles. The number of hydrogen-bond acceptors (Lipinski definition) is 7. The molecular weight excluding hydrogens is 491 g/mol. The van der Waals surface area contributed by atoms with E-state index in [0.29, 0.717) is 12.2 Å². The van der Waals surface area contributed by atoms with Crippen LogP contribution in [0.25, 0.3) is 0 Å². The van der Waals surface area contributed by atoms with Gasteiger partial charge >= 0.3 is 17.9 Å². The lowest BCUT2D eigenvalue weighted by atomic mass is 9.78. The van der Waals surface area contributed by atoms with Gasteiger partial charge in [0.05, 0.1) is 17.4 Å². The summed E-state index contributed by atoms with van der Waals surface area (Å²) in [6, 6.07) is 12.6. The van der Waals surface area contributed by atoms with Crippen LogP contribution in [0, 0.1) is 35.4 Å². The SMILES string of the molecule is CC(C)C1(Oc2cc(C(=O)OC3C4CC5C3OC(=O)C5C4C(=O)Oc3ccccc3)ccc2F)CCCC1. The fourth-order valence-corrected chi connectivity index (χ4v) is 7.03. The molecule has 7 nitrogen and oxygen atoms in total. The van der Waals surface area contributed by atoms with Gasteiger partial charge in [0.15, 0.2) is 11.6 Å². The molecule has 1 saturated heterocycles. The molecule has 0 N–H and O–H groups in total. The third-order valence-corrected chi connectivity index (χ3v) is 9.01. The van der Waals surface area contributed by atoms with Gasteiger partial charge in [-0.3, -0.25) is 9.59 Å². The quantitative estimate of drug-likeness (QED) is 0.369. The van der Waals surface area contributed by atoms with Gasteiger partial charge in [0, 0.05) is 11.8 Å². The number of esters is 3. The molecule has 0 spiro atoms. The maximum Gasteiger partial charge on any atom is 0.338 e. The minimum atomic E-state index is -0.783. The standard InChI is InChI=1S/C30H31FO7/c1-16(2)30(12-6-7-13-30)38-22-14-17(10-11-21(22)31)27(32)36-25-19-15-20-24(29(34)37-26(20)25)23(19)28(33)35-18-8-4-3-5-9-18/h3-5,8-11,14,16,19-20,23-26H,6-7,12-13,15H2,1-2H3. The molecule has 6 rings (SSSR count). The summed E-state index contributed by atoms with van der Waals surface area (Å²) >= 11 is 0. The molecule has 6 atom stereocenters. The predicted molar refractivity (Wildman–Crippen MR) is 133 cm³/mol. The Kier molecular flexibility index (Phi) is 6.16. The van der Waals surface area contributed by atoms with Crippen molar-refractivity contribution in [1.29, 1.82) is 0 Å². The van der Waals surface area contributed by atoms with E-state index in [2.05, 4.69) is 13.8 Å². The predicted octanol–water partition coefficient (Wildman–Crippen LogP) is 5.11. The molecule has 3 saturated carbocycles. The number of hydrogen-bond donors (Lipinski definition) is 0. The molecule has 0 aromatic heterocycles. The van der Waals surface area contributed by atoms with Gasteiger partial charge in [0.2, 0.25) is 0 Å². The number of fused-ring (bicyclic) bond motifs is 1. The molecule has 1 aliphatic heterocycles. The highest BCUT2D eigenvalue weighted by Crippen LogP contribution is 2.59. The summed E-state index contributed by atoms with van der Waals surface area (Å²) in [6.07, 6.45) is 2.84. The second-order valence-corrected chi connectivity index (χ2v) is 11.3. The van der Waals surface area contributed by atoms with Crippen LogP contribution in [0.4, 0.5) is 4.39 Å². The first kappa shape index (κ1) is 24.9. The highest BCUT2D eigenvalue weighted by molar-refractivity contribution is 5.91. The van der Waals surface area contributed by atoms with Crippen LogP contribution < -0.4 is 9.47 Å². The van der Waals surface area contributed by atoms with E-state index in [-0.39, 0.29) is 23.1 Å². The lowest BCUT2D eigenvalue weighted by Gasteiger charge is -2.34. The van der Waals surface area contributed by atoms with E-state index >= 15 is 0 Å². The van der Waals surface area contributed by atoms with Crippen LogP contribution in [-0.2, 0) is 19.1 Å². The number of carbonyl (C=O) groups is 3. The second kappa shape index (κ2) is 9.40. The third kappa shape index (κ3) is 4.05. The zero-order chi connectivity index (χ0) is 26.6. The second-order valence-electron chi connectivity index (χ2n) is 11.3. The number of benzene rings is 2. The number of carbonyl (C=O) groups excluding carboxylic acids is 3. The van der Waals surface area contributed by atoms with Crippen molar-refractivity contribution in [3.63, 3.8) is 0 Å². The van der Waals surface area contributed by atoms with Crippen LogP contribution >= 0.6 is 0 Å². The molecule has 4 fully saturated rings. The molecule has 200 valence electrons. The summed E-state index contributed by atoms with van der Waals surface area (Å²) in [5.41, 5.74) is -0.321. The number of halogens is 1. The van der Waals surface area contributed by atoms with Gasteiger partial charge in [0.25, 0.3) is 0 Å². The van der Waals surface area contributed by atoms with E-state index in [1.807, 2.05) is 6.07 Å². The van der Waals surface area contributed by atoms with Crippen molar-refractivity contribution in [3.05, 3.63) is 59.9 Å². The van der Waals surface area contributed by atoms with Gasteiger partial charge in [0.1, 0.15) is 23.6 Å². The zero-order valence-electron chi connectivity index (χ0n) is 21.4. The van der Waals surface area contributed by atoms with Gasteiger partial charge in [-0.15, -0.1) is 0 Å². The van der Waals surface area contributed by atoms with E-state index < -0.39 is 59.3 Å². The van der Waals surface area contributed by atoms with Crippen LogP contribution in [0.2, 0.25) is 0 Å². The number of para-hydroxylation sites is 1. The molecule has 0 amide bonds. The van der Waals surface area contributed by atoms with Crippen molar-refractivity contribution >= 4 is 17.9 Å². The molecule has 38 heavy (non-hydrogen) atoms. The Morgan fingerprint density at radius 3 is 2.50 bits per heavy atom.